The van der Waals surface area contributed by atoms with Gasteiger partial charge in [0.1, 0.15) is 0 Å². The lowest BCUT2D eigenvalue weighted by molar-refractivity contribution is -0.390. The molecule has 0 aliphatic heterocycles. The van der Waals surface area contributed by atoms with Crippen molar-refractivity contribution in [2.45, 2.75) is 44.8 Å². The Morgan fingerprint density at radius 2 is 1.29 bits per heavy atom. The molecule has 7 heteroatoms. The Balaban J connectivity index is 4.94. The van der Waals surface area contributed by atoms with Gasteiger partial charge in [0.2, 0.25) is 0 Å². The molecular formula is C7H10F6O. The van der Waals surface area contributed by atoms with Gasteiger partial charge in [-0.3, -0.25) is 0 Å². The third-order valence-electron chi connectivity index (χ3n) is 1.12. The molecule has 0 N–H and O–H groups in total. The molecule has 0 aliphatic carbocycles. The molecule has 0 heterocycles. The van der Waals surface area contributed by atoms with Gasteiger partial charge in [-0.25, -0.2) is 8.78 Å². The molecule has 0 radical (unpaired) electrons. The predicted molar refractivity (Wildman–Crippen MR) is 36.7 cm³/mol. The highest BCUT2D eigenvalue weighted by molar-refractivity contribution is 4.83. The van der Waals surface area contributed by atoms with Crippen molar-refractivity contribution in [2.75, 3.05) is 0 Å². The molecule has 0 spiro atoms. The van der Waals surface area contributed by atoms with Crippen molar-refractivity contribution in [3.8, 4) is 0 Å². The first-order chi connectivity index (χ1) is 5.90. The summed E-state index contributed by atoms with van der Waals surface area (Å²) in [6.07, 6.45) is -10.0. The van der Waals surface area contributed by atoms with Gasteiger partial charge in [-0.1, -0.05) is 0 Å². The zero-order valence-corrected chi connectivity index (χ0v) is 7.75. The molecule has 1 nitrogen and oxygen atoms in total. The summed E-state index contributed by atoms with van der Waals surface area (Å²) in [5.41, 5.74) is -1.65. The van der Waals surface area contributed by atoms with E-state index in [2.05, 4.69) is 4.74 Å². The van der Waals surface area contributed by atoms with Crippen LogP contribution in [0.5, 0.6) is 0 Å². The number of ether oxygens (including phenoxy) is 1. The van der Waals surface area contributed by atoms with Crippen molar-refractivity contribution in [3.63, 3.8) is 0 Å². The minimum absolute atomic E-state index is 1.05. The quantitative estimate of drug-likeness (QED) is 0.654. The number of hydrogen-bond acceptors (Lipinski definition) is 1. The van der Waals surface area contributed by atoms with Crippen LogP contribution in [0.25, 0.3) is 0 Å². The standard InChI is InChI=1S/C7H10F6O/c1-5(2,3)14-6(10,4(8)9)7(11,12)13/h4H,1-3H3. The molecule has 14 heavy (non-hydrogen) atoms. The topological polar surface area (TPSA) is 9.23 Å². The Bertz CT molecular complexity index is 193. The molecule has 0 aromatic carbocycles. The highest BCUT2D eigenvalue weighted by atomic mass is 19.4. The fraction of sp³-hybridized carbons (Fsp3) is 1.00. The second kappa shape index (κ2) is 3.60. The molecule has 0 aromatic rings. The summed E-state index contributed by atoms with van der Waals surface area (Å²) >= 11 is 0. The lowest BCUT2D eigenvalue weighted by atomic mass is 10.1. The van der Waals surface area contributed by atoms with Crippen molar-refractivity contribution < 1.29 is 31.1 Å². The first-order valence-corrected chi connectivity index (χ1v) is 3.64. The maximum absolute atomic E-state index is 12.8. The Labute approximate surface area is 77.0 Å². The van der Waals surface area contributed by atoms with Crippen LogP contribution in [0, 0.1) is 0 Å². The zero-order chi connectivity index (χ0) is 11.8. The second-order valence-electron chi connectivity index (χ2n) is 3.66. The molecule has 0 aromatic heterocycles. The number of rotatable bonds is 2. The van der Waals surface area contributed by atoms with Crippen molar-refractivity contribution in [1.29, 1.82) is 0 Å². The van der Waals surface area contributed by atoms with E-state index in [1.807, 2.05) is 0 Å². The van der Waals surface area contributed by atoms with Crippen LogP contribution in [-0.2, 0) is 4.74 Å². The van der Waals surface area contributed by atoms with E-state index in [0.717, 1.165) is 20.8 Å². The van der Waals surface area contributed by atoms with Crippen LogP contribution in [0.1, 0.15) is 20.8 Å². The van der Waals surface area contributed by atoms with Gasteiger partial charge in [0.25, 0.3) is 0 Å². The molecule has 0 rings (SSSR count). The average molecular weight is 224 g/mol. The van der Waals surface area contributed by atoms with E-state index in [-0.39, 0.29) is 0 Å². The smallest absolute Gasteiger partial charge is 0.329 e. The molecular weight excluding hydrogens is 214 g/mol. The maximum atomic E-state index is 12.8. The maximum Gasteiger partial charge on any atom is 0.454 e. The van der Waals surface area contributed by atoms with E-state index in [9.17, 15) is 26.3 Å². The minimum atomic E-state index is -5.76. The van der Waals surface area contributed by atoms with E-state index in [4.69, 9.17) is 0 Å². The molecule has 0 aliphatic rings. The summed E-state index contributed by atoms with van der Waals surface area (Å²) in [4.78, 5) is 0. The predicted octanol–water partition coefficient (Wildman–Crippen LogP) is 3.29. The van der Waals surface area contributed by atoms with Gasteiger partial charge < -0.3 is 4.74 Å². The van der Waals surface area contributed by atoms with Crippen LogP contribution >= 0.6 is 0 Å². The normalized spacial score (nSPS) is 18.4. The Hall–Kier alpha value is -0.460. The molecule has 86 valence electrons. The highest BCUT2D eigenvalue weighted by Gasteiger charge is 2.65. The molecule has 0 fully saturated rings. The summed E-state index contributed by atoms with van der Waals surface area (Å²) in [5.74, 6) is -4.91. The molecule has 0 saturated carbocycles. The summed E-state index contributed by atoms with van der Waals surface area (Å²) < 4.78 is 76.0. The largest absolute Gasteiger partial charge is 0.454 e. The Morgan fingerprint density at radius 3 is 1.36 bits per heavy atom. The lowest BCUT2D eigenvalue weighted by Crippen LogP contribution is -2.53. The molecule has 1 unspecified atom stereocenters. The third-order valence-corrected chi connectivity index (χ3v) is 1.12. The summed E-state index contributed by atoms with van der Waals surface area (Å²) in [6, 6.07) is 0. The third kappa shape index (κ3) is 3.04. The van der Waals surface area contributed by atoms with Gasteiger partial charge in [0.15, 0.2) is 0 Å². The van der Waals surface area contributed by atoms with Gasteiger partial charge in [0.05, 0.1) is 5.60 Å². The van der Waals surface area contributed by atoms with E-state index in [0.29, 0.717) is 0 Å². The van der Waals surface area contributed by atoms with Crippen molar-refractivity contribution in [2.24, 2.45) is 0 Å². The van der Waals surface area contributed by atoms with Crippen LogP contribution in [0.2, 0.25) is 0 Å². The summed E-state index contributed by atoms with van der Waals surface area (Å²) in [6.45, 7) is 3.15. The highest BCUT2D eigenvalue weighted by Crippen LogP contribution is 2.42. The number of hydrogen-bond donors (Lipinski definition) is 0. The number of halogens is 6. The van der Waals surface area contributed by atoms with Gasteiger partial charge in [-0.15, -0.1) is 0 Å². The molecule has 0 bridgehead atoms. The Kier molecular flexibility index (Phi) is 3.48. The van der Waals surface area contributed by atoms with Crippen molar-refractivity contribution in [3.05, 3.63) is 0 Å². The van der Waals surface area contributed by atoms with Crippen LogP contribution in [-0.4, -0.2) is 24.1 Å². The van der Waals surface area contributed by atoms with Crippen molar-refractivity contribution >= 4 is 0 Å². The van der Waals surface area contributed by atoms with E-state index < -0.39 is 24.1 Å². The first kappa shape index (κ1) is 13.5. The number of alkyl halides is 6. The fourth-order valence-electron chi connectivity index (χ4n) is 0.672. The van der Waals surface area contributed by atoms with E-state index >= 15 is 0 Å². The Morgan fingerprint density at radius 1 is 0.929 bits per heavy atom. The van der Waals surface area contributed by atoms with Crippen LogP contribution < -0.4 is 0 Å². The van der Waals surface area contributed by atoms with Crippen LogP contribution in [0.4, 0.5) is 26.3 Å². The molecule has 0 saturated heterocycles. The summed E-state index contributed by atoms with van der Waals surface area (Å²) in [7, 11) is 0. The van der Waals surface area contributed by atoms with E-state index in [1.165, 1.54) is 0 Å². The SMILES string of the molecule is CC(C)(C)OC(F)(C(F)F)C(F)(F)F. The van der Waals surface area contributed by atoms with Gasteiger partial charge >= 0.3 is 18.5 Å². The van der Waals surface area contributed by atoms with Gasteiger partial charge in [0, 0.05) is 0 Å². The first-order valence-electron chi connectivity index (χ1n) is 3.64. The van der Waals surface area contributed by atoms with Crippen LogP contribution in [0.3, 0.4) is 0 Å². The monoisotopic (exact) mass is 224 g/mol. The van der Waals surface area contributed by atoms with E-state index in [1.54, 1.807) is 0 Å². The lowest BCUT2D eigenvalue weighted by Gasteiger charge is -2.33. The molecule has 1 atom stereocenters. The van der Waals surface area contributed by atoms with Crippen LogP contribution in [0.15, 0.2) is 0 Å². The minimum Gasteiger partial charge on any atom is -0.329 e. The van der Waals surface area contributed by atoms with Gasteiger partial charge in [-0.05, 0) is 20.8 Å². The van der Waals surface area contributed by atoms with Crippen molar-refractivity contribution in [1.82, 2.24) is 0 Å². The summed E-state index contributed by atoms with van der Waals surface area (Å²) in [5, 5.41) is 0. The second-order valence-corrected chi connectivity index (χ2v) is 3.66. The fourth-order valence-corrected chi connectivity index (χ4v) is 0.672. The zero-order valence-electron chi connectivity index (χ0n) is 7.75. The molecule has 0 amide bonds. The van der Waals surface area contributed by atoms with Gasteiger partial charge in [-0.2, -0.15) is 17.6 Å². The average Bonchev–Trinajstić information content (AvgIpc) is 1.79.